The van der Waals surface area contributed by atoms with Crippen LogP contribution in [-0.4, -0.2) is 43.9 Å². The van der Waals surface area contributed by atoms with Crippen LogP contribution in [0.25, 0.3) is 0 Å². The van der Waals surface area contributed by atoms with E-state index in [0.717, 1.165) is 45.6 Å². The lowest BCUT2D eigenvalue weighted by molar-refractivity contribution is -0.988. The molecule has 0 saturated carbocycles. The molecule has 0 amide bonds. The number of hydrogen-bond acceptors (Lipinski definition) is 1. The highest BCUT2D eigenvalue weighted by Crippen LogP contribution is 2.05. The predicted octanol–water partition coefficient (Wildman–Crippen LogP) is -5.42. The number of benzene rings is 1. The van der Waals surface area contributed by atoms with Gasteiger partial charge in [-0.05, 0) is 18.6 Å². The lowest BCUT2D eigenvalue weighted by Crippen LogP contribution is -3.26. The largest absolute Gasteiger partial charge is 1.00 e. The van der Waals surface area contributed by atoms with Crippen LogP contribution in [-0.2, 0) is 0 Å². The van der Waals surface area contributed by atoms with Crippen molar-refractivity contribution in [1.82, 2.24) is 0 Å². The van der Waals surface area contributed by atoms with Crippen molar-refractivity contribution in [2.45, 2.75) is 45.1 Å². The van der Waals surface area contributed by atoms with E-state index in [0.29, 0.717) is 0 Å². The molecule has 140 valence electrons. The van der Waals surface area contributed by atoms with E-state index in [9.17, 15) is 9.50 Å². The Morgan fingerprint density at radius 1 is 1.00 bits per heavy atom. The van der Waals surface area contributed by atoms with Crippen LogP contribution < -0.4 is 34.6 Å². The summed E-state index contributed by atoms with van der Waals surface area (Å²) in [5.74, 6) is -0.168. The number of aliphatic hydroxyl groups is 1. The molecule has 0 spiro atoms. The first-order chi connectivity index (χ1) is 10.7. The summed E-state index contributed by atoms with van der Waals surface area (Å²) in [5, 5.41) is 10.1. The Hall–Kier alpha value is -0.390. The van der Waals surface area contributed by atoms with Crippen LogP contribution in [0, 0.1) is 5.82 Å². The first kappa shape index (κ1) is 23.6. The van der Waals surface area contributed by atoms with E-state index in [2.05, 4.69) is 6.92 Å². The van der Waals surface area contributed by atoms with Crippen molar-refractivity contribution in [3.63, 3.8) is 0 Å². The minimum absolute atomic E-state index is 0. The zero-order chi connectivity index (χ0) is 15.8. The monoisotopic (exact) mass is 380 g/mol. The molecular formula is C18H31Cl2FN2O. The van der Waals surface area contributed by atoms with Crippen LogP contribution in [0.3, 0.4) is 0 Å². The quantitative estimate of drug-likeness (QED) is 0.386. The summed E-state index contributed by atoms with van der Waals surface area (Å²) >= 11 is 0. The number of rotatable bonds is 8. The second-order valence-electron chi connectivity index (χ2n) is 6.57. The van der Waals surface area contributed by atoms with Crippen molar-refractivity contribution in [3.8, 4) is 0 Å². The molecule has 0 aromatic heterocycles. The Morgan fingerprint density at radius 2 is 1.62 bits per heavy atom. The summed E-state index contributed by atoms with van der Waals surface area (Å²) in [6.07, 6.45) is 5.70. The van der Waals surface area contributed by atoms with Gasteiger partial charge >= 0.3 is 0 Å². The van der Waals surface area contributed by atoms with Crippen LogP contribution >= 0.6 is 0 Å². The van der Waals surface area contributed by atoms with Gasteiger partial charge in [-0.3, -0.25) is 4.90 Å². The highest BCUT2D eigenvalue weighted by Gasteiger charge is 2.25. The van der Waals surface area contributed by atoms with Gasteiger partial charge in [-0.15, -0.1) is 0 Å². The summed E-state index contributed by atoms with van der Waals surface area (Å²) in [4.78, 5) is 2.94. The van der Waals surface area contributed by atoms with E-state index in [-0.39, 0.29) is 36.7 Å². The molecule has 6 heteroatoms. The fraction of sp³-hybridized carbons (Fsp3) is 0.667. The van der Waals surface area contributed by atoms with Crippen molar-refractivity contribution in [2.24, 2.45) is 0 Å². The molecule has 3 nitrogen and oxygen atoms in total. The molecule has 3 N–H and O–H groups in total. The van der Waals surface area contributed by atoms with Gasteiger partial charge in [0.25, 0.3) is 0 Å². The molecule has 24 heavy (non-hydrogen) atoms. The van der Waals surface area contributed by atoms with E-state index in [1.54, 1.807) is 12.1 Å². The van der Waals surface area contributed by atoms with Crippen LogP contribution in [0.4, 0.5) is 10.1 Å². The number of nitrogens with one attached hydrogen (secondary N) is 2. The van der Waals surface area contributed by atoms with Crippen LogP contribution in [0.2, 0.25) is 0 Å². The molecule has 1 aliphatic rings. The molecule has 1 saturated heterocycles. The van der Waals surface area contributed by atoms with Gasteiger partial charge in [0.1, 0.15) is 50.3 Å². The molecule has 0 radical (unpaired) electrons. The minimum atomic E-state index is -0.168. The summed E-state index contributed by atoms with van der Waals surface area (Å²) in [7, 11) is 0. The maximum absolute atomic E-state index is 13.0. The average Bonchev–Trinajstić information content (AvgIpc) is 2.53. The van der Waals surface area contributed by atoms with Crippen molar-refractivity contribution < 1.29 is 44.1 Å². The van der Waals surface area contributed by atoms with E-state index < -0.39 is 0 Å². The molecule has 1 fully saturated rings. The lowest BCUT2D eigenvalue weighted by Gasteiger charge is -2.30. The first-order valence-electron chi connectivity index (χ1n) is 8.81. The van der Waals surface area contributed by atoms with Crippen molar-refractivity contribution in [2.75, 3.05) is 32.7 Å². The Morgan fingerprint density at radius 3 is 2.21 bits per heavy atom. The van der Waals surface area contributed by atoms with E-state index in [4.69, 9.17) is 0 Å². The highest BCUT2D eigenvalue weighted by molar-refractivity contribution is 5.28. The molecule has 1 atom stereocenters. The van der Waals surface area contributed by atoms with E-state index >= 15 is 0 Å². The predicted molar refractivity (Wildman–Crippen MR) is 87.1 cm³/mol. The average molecular weight is 381 g/mol. The van der Waals surface area contributed by atoms with Crippen LogP contribution in [0.15, 0.2) is 24.3 Å². The third kappa shape index (κ3) is 8.13. The molecule has 0 aliphatic carbocycles. The molecule has 0 bridgehead atoms. The molecule has 1 unspecified atom stereocenters. The van der Waals surface area contributed by atoms with E-state index in [1.165, 1.54) is 34.7 Å². The Balaban J connectivity index is 0.00000264. The standard InChI is InChI=1S/C18H29FN2O.2ClH/c1-2-3-4-5-6-18(22)15-20-11-13-21(14-12-20)17-9-7-16(19)8-10-17;;/h7-10,18,22H,2-6,11-15H2,1H3;2*1H. The normalized spacial score (nSPS) is 21.5. The van der Waals surface area contributed by atoms with Gasteiger partial charge in [-0.25, -0.2) is 4.39 Å². The number of quaternary nitrogens is 2. The van der Waals surface area contributed by atoms with E-state index in [1.807, 2.05) is 12.1 Å². The number of halogens is 3. The van der Waals surface area contributed by atoms with Gasteiger partial charge in [-0.2, -0.15) is 0 Å². The van der Waals surface area contributed by atoms with Gasteiger partial charge in [0.2, 0.25) is 0 Å². The van der Waals surface area contributed by atoms with Crippen LogP contribution in [0.1, 0.15) is 39.0 Å². The third-order valence-electron chi connectivity index (χ3n) is 4.73. The van der Waals surface area contributed by atoms with Gasteiger partial charge in [0, 0.05) is 12.1 Å². The van der Waals surface area contributed by atoms with Gasteiger partial charge in [0.05, 0.1) is 0 Å². The fourth-order valence-corrected chi connectivity index (χ4v) is 3.33. The Kier molecular flexibility index (Phi) is 12.7. The van der Waals surface area contributed by atoms with Crippen LogP contribution in [0.5, 0.6) is 0 Å². The molecular weight excluding hydrogens is 350 g/mol. The number of aliphatic hydroxyl groups excluding tert-OH is 1. The Labute approximate surface area is 158 Å². The summed E-state index contributed by atoms with van der Waals surface area (Å²) in [6.45, 7) is 7.37. The zero-order valence-electron chi connectivity index (χ0n) is 14.5. The smallest absolute Gasteiger partial charge is 0.132 e. The molecule has 1 aliphatic heterocycles. The minimum Gasteiger partial charge on any atom is -1.00 e. The summed E-state index contributed by atoms with van der Waals surface area (Å²) < 4.78 is 13.0. The Bertz CT molecular complexity index is 426. The fourth-order valence-electron chi connectivity index (χ4n) is 3.33. The third-order valence-corrected chi connectivity index (χ3v) is 4.73. The number of piperazine rings is 1. The first-order valence-corrected chi connectivity index (χ1v) is 8.81. The topological polar surface area (TPSA) is 29.1 Å². The van der Waals surface area contributed by atoms with Gasteiger partial charge in [0.15, 0.2) is 0 Å². The molecule has 2 rings (SSSR count). The van der Waals surface area contributed by atoms with Crippen molar-refractivity contribution >= 4 is 5.69 Å². The van der Waals surface area contributed by atoms with Crippen molar-refractivity contribution in [3.05, 3.63) is 30.1 Å². The van der Waals surface area contributed by atoms with Gasteiger partial charge in [-0.1, -0.05) is 32.6 Å². The van der Waals surface area contributed by atoms with Gasteiger partial charge < -0.3 is 34.8 Å². The zero-order valence-corrected chi connectivity index (χ0v) is 16.1. The maximum Gasteiger partial charge on any atom is 0.132 e. The highest BCUT2D eigenvalue weighted by atomic mass is 35.5. The molecule has 1 aromatic rings. The second kappa shape index (κ2) is 12.9. The maximum atomic E-state index is 13.0. The van der Waals surface area contributed by atoms with Crippen molar-refractivity contribution in [1.29, 1.82) is 0 Å². The number of unbranched alkanes of at least 4 members (excludes halogenated alkanes) is 3. The lowest BCUT2D eigenvalue weighted by atomic mass is 10.1. The molecule has 1 aromatic carbocycles. The SMILES string of the molecule is CCCCCCC(O)C[NH+]1CC[NH+](c2ccc(F)cc2)CC1.[Cl-].[Cl-]. The summed E-state index contributed by atoms with van der Waals surface area (Å²) in [6, 6.07) is 6.86. The number of hydrogen-bond donors (Lipinski definition) is 3. The second-order valence-corrected chi connectivity index (χ2v) is 6.57. The molecule has 1 heterocycles. The summed E-state index contributed by atoms with van der Waals surface area (Å²) in [5.41, 5.74) is 1.18.